The molecule has 0 saturated carbocycles. The lowest BCUT2D eigenvalue weighted by molar-refractivity contribution is -0.118. The number of hydrogen-bond acceptors (Lipinski definition) is 5. The summed E-state index contributed by atoms with van der Waals surface area (Å²) in [6, 6.07) is 2.22. The fraction of sp³-hybridized carbons (Fsp3) is 0.571. The van der Waals surface area contributed by atoms with Crippen LogP contribution >= 0.6 is 0 Å². The fourth-order valence-electron chi connectivity index (χ4n) is 2.66. The third-order valence-electron chi connectivity index (χ3n) is 3.86. The number of hydrogen-bond donors (Lipinski definition) is 1. The number of nitrogens with zero attached hydrogens (tertiary/aromatic N) is 4. The molecule has 1 atom stereocenters. The highest BCUT2D eigenvalue weighted by molar-refractivity contribution is 5.74. The van der Waals surface area contributed by atoms with E-state index in [4.69, 9.17) is 5.73 Å². The Bertz CT molecular complexity index is 563. The Morgan fingerprint density at radius 2 is 2.25 bits per heavy atom. The molecule has 0 radical (unpaired) electrons. The summed E-state index contributed by atoms with van der Waals surface area (Å²) in [4.78, 5) is 13.1. The third kappa shape index (κ3) is 2.87. The molecule has 106 valence electrons. The molecule has 2 N–H and O–H groups in total. The monoisotopic (exact) mass is 273 g/mol. The van der Waals surface area contributed by atoms with Crippen LogP contribution in [0.25, 0.3) is 0 Å². The molecule has 0 aromatic carbocycles. The van der Waals surface area contributed by atoms with E-state index < -0.39 is 0 Å². The Hall–Kier alpha value is -2.16. The number of amides is 1. The molecule has 6 nitrogen and oxygen atoms in total. The number of carbonyl (C=O) groups excluding carboxylic acids is 1. The third-order valence-corrected chi connectivity index (χ3v) is 3.86. The molecule has 0 spiro atoms. The summed E-state index contributed by atoms with van der Waals surface area (Å²) in [5.41, 5.74) is 7.49. The molecule has 1 unspecified atom stereocenters. The Morgan fingerprint density at radius 1 is 1.50 bits per heavy atom. The minimum absolute atomic E-state index is 0.233. The number of anilines is 1. The van der Waals surface area contributed by atoms with Crippen LogP contribution in [-0.4, -0.2) is 29.2 Å². The van der Waals surface area contributed by atoms with Crippen molar-refractivity contribution >= 4 is 11.7 Å². The first-order chi connectivity index (χ1) is 9.52. The second kappa shape index (κ2) is 5.87. The van der Waals surface area contributed by atoms with Crippen molar-refractivity contribution in [3.63, 3.8) is 0 Å². The summed E-state index contributed by atoms with van der Waals surface area (Å²) >= 11 is 0. The molecule has 1 aromatic heterocycles. The molecule has 2 rings (SSSR count). The standard InChI is InChI=1S/C14H19N5O/c1-9-10(2)17-18-14(12(9)7-15)19-5-3-4-11(8-19)6-13(16)20/h11H,3-6,8H2,1-2H3,(H2,16,20). The van der Waals surface area contributed by atoms with Crippen molar-refractivity contribution < 1.29 is 4.79 Å². The maximum atomic E-state index is 11.1. The highest BCUT2D eigenvalue weighted by Gasteiger charge is 2.25. The van der Waals surface area contributed by atoms with E-state index in [1.165, 1.54) is 0 Å². The summed E-state index contributed by atoms with van der Waals surface area (Å²) in [6.07, 6.45) is 2.34. The molecule has 1 amide bonds. The van der Waals surface area contributed by atoms with E-state index in [1.54, 1.807) is 0 Å². The summed E-state index contributed by atoms with van der Waals surface area (Å²) in [5.74, 6) is 0.587. The average Bonchev–Trinajstić information content (AvgIpc) is 2.41. The molecule has 1 fully saturated rings. The number of piperidine rings is 1. The van der Waals surface area contributed by atoms with E-state index in [1.807, 2.05) is 13.8 Å². The summed E-state index contributed by atoms with van der Waals surface area (Å²) in [5, 5.41) is 17.6. The number of nitrogens with two attached hydrogens (primary N) is 1. The number of carbonyl (C=O) groups is 1. The van der Waals surface area contributed by atoms with Crippen LogP contribution in [-0.2, 0) is 4.79 Å². The van der Waals surface area contributed by atoms with E-state index in [9.17, 15) is 10.1 Å². The topological polar surface area (TPSA) is 95.9 Å². The van der Waals surface area contributed by atoms with Crippen LogP contribution in [0.3, 0.4) is 0 Å². The van der Waals surface area contributed by atoms with Gasteiger partial charge in [0.1, 0.15) is 11.6 Å². The average molecular weight is 273 g/mol. The molecular weight excluding hydrogens is 254 g/mol. The van der Waals surface area contributed by atoms with Gasteiger partial charge in [-0.3, -0.25) is 4.79 Å². The second-order valence-electron chi connectivity index (χ2n) is 5.35. The van der Waals surface area contributed by atoms with Crippen molar-refractivity contribution in [2.24, 2.45) is 11.7 Å². The van der Waals surface area contributed by atoms with Crippen LogP contribution in [0.4, 0.5) is 5.82 Å². The van der Waals surface area contributed by atoms with Crippen molar-refractivity contribution in [2.75, 3.05) is 18.0 Å². The van der Waals surface area contributed by atoms with Gasteiger partial charge in [0.2, 0.25) is 5.91 Å². The molecule has 2 heterocycles. The van der Waals surface area contributed by atoms with Gasteiger partial charge in [0, 0.05) is 19.5 Å². The van der Waals surface area contributed by atoms with Crippen LogP contribution in [0.5, 0.6) is 0 Å². The number of aryl methyl sites for hydroxylation is 1. The molecule has 6 heteroatoms. The number of rotatable bonds is 3. The maximum Gasteiger partial charge on any atom is 0.217 e. The molecule has 0 bridgehead atoms. The molecule has 1 aliphatic heterocycles. The van der Waals surface area contributed by atoms with E-state index in [0.717, 1.165) is 30.6 Å². The lowest BCUT2D eigenvalue weighted by Crippen LogP contribution is -2.38. The minimum Gasteiger partial charge on any atom is -0.370 e. The Labute approximate surface area is 118 Å². The number of nitriles is 1. The van der Waals surface area contributed by atoms with Gasteiger partial charge in [-0.2, -0.15) is 10.4 Å². The largest absolute Gasteiger partial charge is 0.370 e. The summed E-state index contributed by atoms with van der Waals surface area (Å²) in [6.45, 7) is 5.27. The maximum absolute atomic E-state index is 11.1. The molecular formula is C14H19N5O. The first-order valence-electron chi connectivity index (χ1n) is 6.80. The van der Waals surface area contributed by atoms with Gasteiger partial charge in [-0.05, 0) is 38.2 Å². The number of aromatic nitrogens is 2. The lowest BCUT2D eigenvalue weighted by Gasteiger charge is -2.33. The zero-order valence-electron chi connectivity index (χ0n) is 11.9. The smallest absolute Gasteiger partial charge is 0.217 e. The predicted octanol–water partition coefficient (Wildman–Crippen LogP) is 1.06. The van der Waals surface area contributed by atoms with Gasteiger partial charge in [0.05, 0.1) is 5.69 Å². The first kappa shape index (κ1) is 14.3. The van der Waals surface area contributed by atoms with Crippen molar-refractivity contribution in [3.05, 3.63) is 16.8 Å². The van der Waals surface area contributed by atoms with Crippen molar-refractivity contribution in [3.8, 4) is 6.07 Å². The first-order valence-corrected chi connectivity index (χ1v) is 6.80. The van der Waals surface area contributed by atoms with Gasteiger partial charge in [-0.1, -0.05) is 0 Å². The van der Waals surface area contributed by atoms with Crippen molar-refractivity contribution in [1.29, 1.82) is 5.26 Å². The predicted molar refractivity (Wildman–Crippen MR) is 75.0 cm³/mol. The van der Waals surface area contributed by atoms with E-state index >= 15 is 0 Å². The minimum atomic E-state index is -0.275. The summed E-state index contributed by atoms with van der Waals surface area (Å²) < 4.78 is 0. The SMILES string of the molecule is Cc1nnc(N2CCCC(CC(N)=O)C2)c(C#N)c1C. The molecule has 1 aliphatic rings. The van der Waals surface area contributed by atoms with Crippen LogP contribution in [0.2, 0.25) is 0 Å². The van der Waals surface area contributed by atoms with E-state index in [-0.39, 0.29) is 11.8 Å². The van der Waals surface area contributed by atoms with Crippen LogP contribution in [0.1, 0.15) is 36.1 Å². The highest BCUT2D eigenvalue weighted by Crippen LogP contribution is 2.27. The van der Waals surface area contributed by atoms with Crippen LogP contribution < -0.4 is 10.6 Å². The Morgan fingerprint density at radius 3 is 2.90 bits per heavy atom. The quantitative estimate of drug-likeness (QED) is 0.888. The van der Waals surface area contributed by atoms with Gasteiger partial charge < -0.3 is 10.6 Å². The molecule has 0 aliphatic carbocycles. The Balaban J connectivity index is 2.25. The highest BCUT2D eigenvalue weighted by atomic mass is 16.1. The van der Waals surface area contributed by atoms with Crippen molar-refractivity contribution in [1.82, 2.24) is 10.2 Å². The van der Waals surface area contributed by atoms with Crippen LogP contribution in [0.15, 0.2) is 0 Å². The zero-order valence-corrected chi connectivity index (χ0v) is 11.9. The van der Waals surface area contributed by atoms with Crippen molar-refractivity contribution in [2.45, 2.75) is 33.1 Å². The number of primary amides is 1. The zero-order chi connectivity index (χ0) is 14.7. The second-order valence-corrected chi connectivity index (χ2v) is 5.35. The normalized spacial score (nSPS) is 18.6. The van der Waals surface area contributed by atoms with E-state index in [2.05, 4.69) is 21.2 Å². The van der Waals surface area contributed by atoms with E-state index in [0.29, 0.717) is 24.3 Å². The van der Waals surface area contributed by atoms with Gasteiger partial charge in [0.15, 0.2) is 5.82 Å². The van der Waals surface area contributed by atoms with Gasteiger partial charge in [-0.25, -0.2) is 0 Å². The van der Waals surface area contributed by atoms with Gasteiger partial charge in [-0.15, -0.1) is 5.10 Å². The lowest BCUT2D eigenvalue weighted by atomic mass is 9.94. The molecule has 1 aromatic rings. The van der Waals surface area contributed by atoms with Crippen LogP contribution in [0, 0.1) is 31.1 Å². The van der Waals surface area contributed by atoms with Gasteiger partial charge in [0.25, 0.3) is 0 Å². The molecule has 1 saturated heterocycles. The Kier molecular flexibility index (Phi) is 4.18. The summed E-state index contributed by atoms with van der Waals surface area (Å²) in [7, 11) is 0. The van der Waals surface area contributed by atoms with Gasteiger partial charge >= 0.3 is 0 Å². The fourth-order valence-corrected chi connectivity index (χ4v) is 2.66. The molecule has 20 heavy (non-hydrogen) atoms.